The van der Waals surface area contributed by atoms with Crippen LogP contribution in [-0.4, -0.2) is 24.2 Å². The number of hydrogen-bond donors (Lipinski definition) is 0. The lowest BCUT2D eigenvalue weighted by Gasteiger charge is -2.26. The highest BCUT2D eigenvalue weighted by Crippen LogP contribution is 2.62. The van der Waals surface area contributed by atoms with E-state index in [9.17, 15) is 9.59 Å². The molecule has 0 radical (unpaired) electrons. The maximum absolute atomic E-state index is 10.2. The van der Waals surface area contributed by atoms with Gasteiger partial charge in [-0.2, -0.15) is 0 Å². The summed E-state index contributed by atoms with van der Waals surface area (Å²) in [4.78, 5) is 27.9. The second-order valence-corrected chi connectivity index (χ2v) is 4.57. The van der Waals surface area contributed by atoms with E-state index in [0.29, 0.717) is 12.3 Å². The van der Waals surface area contributed by atoms with Crippen molar-refractivity contribution in [2.24, 2.45) is 21.3 Å². The van der Waals surface area contributed by atoms with Crippen LogP contribution in [0.1, 0.15) is 26.2 Å². The molecule has 0 aromatic carbocycles. The van der Waals surface area contributed by atoms with Crippen LogP contribution in [0.25, 0.3) is 0 Å². The van der Waals surface area contributed by atoms with Gasteiger partial charge in [-0.05, 0) is 30.6 Å². The number of fused-ring (bicyclic) bond motifs is 1. The number of isocyanates is 2. The average Bonchev–Trinajstić information content (AvgIpc) is 2.78. The van der Waals surface area contributed by atoms with Gasteiger partial charge in [0.2, 0.25) is 12.2 Å². The summed E-state index contributed by atoms with van der Waals surface area (Å²) >= 11 is 0. The van der Waals surface area contributed by atoms with Crippen molar-refractivity contribution in [1.29, 1.82) is 0 Å². The van der Waals surface area contributed by atoms with E-state index in [4.69, 9.17) is 0 Å². The van der Waals surface area contributed by atoms with Gasteiger partial charge >= 0.3 is 0 Å². The van der Waals surface area contributed by atoms with Gasteiger partial charge < -0.3 is 0 Å². The summed E-state index contributed by atoms with van der Waals surface area (Å²) in [6.45, 7) is 2.16. The summed E-state index contributed by atoms with van der Waals surface area (Å²) in [5.41, 5.74) is 0.244. The van der Waals surface area contributed by atoms with Crippen LogP contribution in [0.2, 0.25) is 0 Å². The summed E-state index contributed by atoms with van der Waals surface area (Å²) in [7, 11) is 0. The standard InChI is InChI=1S/C10H12N2O2/c1-10-3-7(11-5-13)2-9(12-6-14)8(10)4-10/h7-9H,2-4H2,1H3/t7?,8-,9?,10?/m0/s1. The summed E-state index contributed by atoms with van der Waals surface area (Å²) in [5, 5.41) is 0. The van der Waals surface area contributed by atoms with E-state index < -0.39 is 0 Å². The third-order valence-electron chi connectivity index (χ3n) is 3.56. The third-order valence-corrected chi connectivity index (χ3v) is 3.56. The van der Waals surface area contributed by atoms with Gasteiger partial charge in [0.05, 0.1) is 12.1 Å². The molecule has 74 valence electrons. The van der Waals surface area contributed by atoms with Crippen LogP contribution in [0.4, 0.5) is 0 Å². The van der Waals surface area contributed by atoms with Crippen molar-refractivity contribution in [2.45, 2.75) is 38.3 Å². The van der Waals surface area contributed by atoms with E-state index in [0.717, 1.165) is 12.8 Å². The topological polar surface area (TPSA) is 58.9 Å². The molecular formula is C10H12N2O2. The number of aliphatic imine (C=N–C) groups is 2. The van der Waals surface area contributed by atoms with Crippen molar-refractivity contribution < 1.29 is 9.59 Å². The van der Waals surface area contributed by atoms with Gasteiger partial charge in [0, 0.05) is 0 Å². The molecule has 14 heavy (non-hydrogen) atoms. The Morgan fingerprint density at radius 2 is 1.93 bits per heavy atom. The molecule has 0 aromatic heterocycles. The second-order valence-electron chi connectivity index (χ2n) is 4.57. The zero-order valence-electron chi connectivity index (χ0n) is 8.06. The van der Waals surface area contributed by atoms with Gasteiger partial charge in [-0.15, -0.1) is 0 Å². The van der Waals surface area contributed by atoms with E-state index in [-0.39, 0.29) is 17.5 Å². The van der Waals surface area contributed by atoms with E-state index in [1.54, 1.807) is 12.2 Å². The first kappa shape index (κ1) is 9.32. The SMILES string of the molecule is CC12CC(N=C=O)CC(N=C=O)[C@@H]1C2. The molecule has 0 aromatic rings. The second kappa shape index (κ2) is 3.16. The first-order valence-electron chi connectivity index (χ1n) is 4.83. The minimum absolute atomic E-state index is 0.00153. The summed E-state index contributed by atoms with van der Waals surface area (Å²) in [5.74, 6) is 0.502. The van der Waals surface area contributed by atoms with Crippen LogP contribution in [0, 0.1) is 11.3 Å². The first-order valence-corrected chi connectivity index (χ1v) is 4.83. The molecule has 2 aliphatic rings. The molecule has 0 heterocycles. The maximum Gasteiger partial charge on any atom is 0.235 e. The Hall–Kier alpha value is -1.24. The minimum Gasteiger partial charge on any atom is -0.211 e. The Morgan fingerprint density at radius 3 is 2.57 bits per heavy atom. The lowest BCUT2D eigenvalue weighted by molar-refractivity contribution is 0.297. The summed E-state index contributed by atoms with van der Waals surface area (Å²) < 4.78 is 0. The number of rotatable bonds is 2. The molecule has 0 bridgehead atoms. The Balaban J connectivity index is 2.14. The third kappa shape index (κ3) is 1.43. The van der Waals surface area contributed by atoms with Gasteiger partial charge in [-0.25, -0.2) is 19.6 Å². The first-order chi connectivity index (χ1) is 6.69. The van der Waals surface area contributed by atoms with E-state index >= 15 is 0 Å². The number of nitrogens with zero attached hydrogens (tertiary/aromatic N) is 2. The molecule has 2 fully saturated rings. The van der Waals surface area contributed by atoms with Gasteiger partial charge in [-0.3, -0.25) is 0 Å². The van der Waals surface area contributed by atoms with Gasteiger partial charge in [0.25, 0.3) is 0 Å². The fourth-order valence-electron chi connectivity index (χ4n) is 2.73. The smallest absolute Gasteiger partial charge is 0.211 e. The molecule has 4 nitrogen and oxygen atoms in total. The summed E-state index contributed by atoms with van der Waals surface area (Å²) in [6.07, 6.45) is 5.92. The Kier molecular flexibility index (Phi) is 2.10. The average molecular weight is 192 g/mol. The molecule has 2 rings (SSSR count). The summed E-state index contributed by atoms with van der Waals surface area (Å²) in [6, 6.07) is 0.0201. The van der Waals surface area contributed by atoms with Crippen molar-refractivity contribution in [2.75, 3.05) is 0 Å². The lowest BCUT2D eigenvalue weighted by atomic mass is 9.84. The molecule has 0 aliphatic heterocycles. The maximum atomic E-state index is 10.2. The van der Waals surface area contributed by atoms with E-state index in [1.807, 2.05) is 0 Å². The van der Waals surface area contributed by atoms with E-state index in [2.05, 4.69) is 16.9 Å². The van der Waals surface area contributed by atoms with Crippen LogP contribution < -0.4 is 0 Å². The highest BCUT2D eigenvalue weighted by Gasteiger charge is 2.58. The van der Waals surface area contributed by atoms with Crippen molar-refractivity contribution in [3.05, 3.63) is 0 Å². The molecular weight excluding hydrogens is 180 g/mol. The zero-order chi connectivity index (χ0) is 10.2. The van der Waals surface area contributed by atoms with Crippen molar-refractivity contribution in [1.82, 2.24) is 0 Å². The van der Waals surface area contributed by atoms with Crippen molar-refractivity contribution >= 4 is 12.2 Å². The van der Waals surface area contributed by atoms with Gasteiger partial charge in [0.15, 0.2) is 0 Å². The van der Waals surface area contributed by atoms with Gasteiger partial charge in [-0.1, -0.05) is 6.92 Å². The van der Waals surface area contributed by atoms with Gasteiger partial charge in [0.1, 0.15) is 0 Å². The molecule has 0 saturated heterocycles. The fourth-order valence-corrected chi connectivity index (χ4v) is 2.73. The predicted molar refractivity (Wildman–Crippen MR) is 49.3 cm³/mol. The molecule has 0 spiro atoms. The number of hydrogen-bond acceptors (Lipinski definition) is 4. The molecule has 4 atom stereocenters. The minimum atomic E-state index is -0.00153. The van der Waals surface area contributed by atoms with Crippen molar-refractivity contribution in [3.8, 4) is 0 Å². The van der Waals surface area contributed by atoms with Crippen LogP contribution in [0.3, 0.4) is 0 Å². The quantitative estimate of drug-likeness (QED) is 0.487. The molecule has 0 amide bonds. The lowest BCUT2D eigenvalue weighted by Crippen LogP contribution is -2.28. The van der Waals surface area contributed by atoms with Crippen molar-refractivity contribution in [3.63, 3.8) is 0 Å². The molecule has 0 N–H and O–H groups in total. The molecule has 4 heteroatoms. The Labute approximate surface area is 82.1 Å². The van der Waals surface area contributed by atoms with Crippen LogP contribution in [-0.2, 0) is 9.59 Å². The highest BCUT2D eigenvalue weighted by atomic mass is 16.1. The monoisotopic (exact) mass is 192 g/mol. The Morgan fingerprint density at radius 1 is 1.21 bits per heavy atom. The van der Waals surface area contributed by atoms with Crippen LogP contribution >= 0.6 is 0 Å². The van der Waals surface area contributed by atoms with E-state index in [1.165, 1.54) is 0 Å². The zero-order valence-corrected chi connectivity index (χ0v) is 8.06. The fraction of sp³-hybridized carbons (Fsp3) is 0.800. The largest absolute Gasteiger partial charge is 0.235 e. The van der Waals surface area contributed by atoms with Crippen LogP contribution in [0.5, 0.6) is 0 Å². The molecule has 2 saturated carbocycles. The highest BCUT2D eigenvalue weighted by molar-refractivity contribution is 5.36. The molecule has 3 unspecified atom stereocenters. The normalized spacial score (nSPS) is 44.2. The van der Waals surface area contributed by atoms with Crippen LogP contribution in [0.15, 0.2) is 9.98 Å². The predicted octanol–water partition coefficient (Wildman–Crippen LogP) is 1.22. The number of carbonyl (C=O) groups excluding carboxylic acids is 2. The Bertz CT molecular complexity index is 342. The molecule has 2 aliphatic carbocycles.